The Bertz CT molecular complexity index is 484. The molecule has 0 amide bonds. The highest BCUT2D eigenvalue weighted by Gasteiger charge is 2.28. The van der Waals surface area contributed by atoms with Crippen molar-refractivity contribution in [1.29, 1.82) is 0 Å². The molecule has 142 valence electrons. The summed E-state index contributed by atoms with van der Waals surface area (Å²) in [5.41, 5.74) is 1.40. The van der Waals surface area contributed by atoms with Crippen molar-refractivity contribution >= 4 is 0 Å². The van der Waals surface area contributed by atoms with E-state index >= 15 is 0 Å². The third kappa shape index (κ3) is 5.98. The van der Waals surface area contributed by atoms with E-state index in [0.29, 0.717) is 18.0 Å². The van der Waals surface area contributed by atoms with Gasteiger partial charge in [0, 0.05) is 38.3 Å². The summed E-state index contributed by atoms with van der Waals surface area (Å²) in [6, 6.07) is 9.80. The van der Waals surface area contributed by atoms with Crippen molar-refractivity contribution in [3.63, 3.8) is 0 Å². The Hall–Kier alpha value is -1.10. The normalized spacial score (nSPS) is 20.2. The van der Waals surface area contributed by atoms with Gasteiger partial charge in [0.25, 0.3) is 0 Å². The molecule has 0 aliphatic carbocycles. The Balaban J connectivity index is 2.15. The molecule has 2 atom stereocenters. The highest BCUT2D eigenvalue weighted by molar-refractivity contribution is 5.29. The van der Waals surface area contributed by atoms with E-state index in [2.05, 4.69) is 74.0 Å². The molecule has 4 nitrogen and oxygen atoms in total. The average molecular weight is 348 g/mol. The molecular weight excluding hydrogens is 310 g/mol. The number of nitrogens with zero attached hydrogens (tertiary/aromatic N) is 2. The first kappa shape index (κ1) is 20.2. The molecule has 1 aliphatic rings. The summed E-state index contributed by atoms with van der Waals surface area (Å²) in [5, 5.41) is 3.51. The van der Waals surface area contributed by atoms with Crippen molar-refractivity contribution in [2.45, 2.75) is 46.7 Å². The lowest BCUT2D eigenvalue weighted by Gasteiger charge is -2.42. The largest absolute Gasteiger partial charge is 0.493 e. The predicted molar refractivity (Wildman–Crippen MR) is 106 cm³/mol. The molecular formula is C21H37N3O. The van der Waals surface area contributed by atoms with E-state index in [1.165, 1.54) is 5.56 Å². The van der Waals surface area contributed by atoms with Crippen LogP contribution in [0.1, 0.15) is 46.2 Å². The third-order valence-electron chi connectivity index (χ3n) is 5.13. The summed E-state index contributed by atoms with van der Waals surface area (Å²) < 4.78 is 5.86. The topological polar surface area (TPSA) is 27.7 Å². The smallest absolute Gasteiger partial charge is 0.119 e. The Labute approximate surface area is 154 Å². The molecule has 2 unspecified atom stereocenters. The van der Waals surface area contributed by atoms with Crippen molar-refractivity contribution in [3.05, 3.63) is 29.8 Å². The van der Waals surface area contributed by atoms with Gasteiger partial charge >= 0.3 is 0 Å². The second-order valence-electron chi connectivity index (χ2n) is 7.57. The van der Waals surface area contributed by atoms with Gasteiger partial charge < -0.3 is 15.0 Å². The summed E-state index contributed by atoms with van der Waals surface area (Å²) in [6.45, 7) is 18.5. The number of ether oxygens (including phenoxy) is 1. The summed E-state index contributed by atoms with van der Waals surface area (Å²) in [7, 11) is 0. The first-order chi connectivity index (χ1) is 12.0. The molecule has 1 fully saturated rings. The van der Waals surface area contributed by atoms with E-state index in [9.17, 15) is 0 Å². The maximum atomic E-state index is 5.86. The van der Waals surface area contributed by atoms with Crippen molar-refractivity contribution in [2.24, 2.45) is 5.92 Å². The number of likely N-dealkylation sites (N-methyl/N-ethyl adjacent to an activating group) is 1. The first-order valence-electron chi connectivity index (χ1n) is 9.96. The molecule has 4 heteroatoms. The van der Waals surface area contributed by atoms with Gasteiger partial charge in [0.2, 0.25) is 0 Å². The quantitative estimate of drug-likeness (QED) is 0.741. The third-order valence-corrected chi connectivity index (χ3v) is 5.13. The first-order valence-corrected chi connectivity index (χ1v) is 9.96. The monoisotopic (exact) mass is 347 g/mol. The number of benzene rings is 1. The van der Waals surface area contributed by atoms with Crippen molar-refractivity contribution in [2.75, 3.05) is 45.9 Å². The van der Waals surface area contributed by atoms with Gasteiger partial charge in [0.15, 0.2) is 0 Å². The second-order valence-corrected chi connectivity index (χ2v) is 7.57. The molecule has 2 rings (SSSR count). The molecule has 25 heavy (non-hydrogen) atoms. The minimum Gasteiger partial charge on any atom is -0.493 e. The van der Waals surface area contributed by atoms with Gasteiger partial charge in [-0.25, -0.2) is 0 Å². The predicted octanol–water partition coefficient (Wildman–Crippen LogP) is 3.40. The van der Waals surface area contributed by atoms with Gasteiger partial charge in [-0.2, -0.15) is 0 Å². The lowest BCUT2D eigenvalue weighted by atomic mass is 10.0. The van der Waals surface area contributed by atoms with Crippen molar-refractivity contribution in [3.8, 4) is 5.75 Å². The zero-order chi connectivity index (χ0) is 18.2. The Kier molecular flexibility index (Phi) is 8.20. The van der Waals surface area contributed by atoms with Crippen LogP contribution >= 0.6 is 0 Å². The van der Waals surface area contributed by atoms with Gasteiger partial charge in [-0.05, 0) is 43.6 Å². The molecule has 1 saturated heterocycles. The van der Waals surface area contributed by atoms with Crippen LogP contribution < -0.4 is 10.1 Å². The van der Waals surface area contributed by atoms with Gasteiger partial charge in [-0.3, -0.25) is 4.90 Å². The van der Waals surface area contributed by atoms with Crippen LogP contribution in [0, 0.1) is 5.92 Å². The van der Waals surface area contributed by atoms with E-state index in [1.807, 2.05) is 0 Å². The van der Waals surface area contributed by atoms with Crippen molar-refractivity contribution in [1.82, 2.24) is 15.1 Å². The SMILES string of the molecule is CCN(CC)CC(c1ccc(OCC(C)C)cc1)N1CCNCC1C. The molecule has 1 aromatic carbocycles. The minimum atomic E-state index is 0.441. The maximum Gasteiger partial charge on any atom is 0.119 e. The highest BCUT2D eigenvalue weighted by atomic mass is 16.5. The highest BCUT2D eigenvalue weighted by Crippen LogP contribution is 2.27. The van der Waals surface area contributed by atoms with Crippen LogP contribution in [-0.2, 0) is 0 Å². The number of nitrogens with one attached hydrogen (secondary N) is 1. The van der Waals surface area contributed by atoms with Crippen molar-refractivity contribution < 1.29 is 4.74 Å². The van der Waals surface area contributed by atoms with Crippen LogP contribution in [0.3, 0.4) is 0 Å². The second kappa shape index (κ2) is 10.1. The van der Waals surface area contributed by atoms with Gasteiger partial charge in [-0.15, -0.1) is 0 Å². The summed E-state index contributed by atoms with van der Waals surface area (Å²) in [6.07, 6.45) is 0. The lowest BCUT2D eigenvalue weighted by molar-refractivity contribution is 0.0871. The summed E-state index contributed by atoms with van der Waals surface area (Å²) in [4.78, 5) is 5.20. The average Bonchev–Trinajstić information content (AvgIpc) is 2.62. The lowest BCUT2D eigenvalue weighted by Crippen LogP contribution is -2.53. The standard InChI is InChI=1S/C21H37N3O/c1-6-23(7-2)15-21(24-13-12-22-14-18(24)5)19-8-10-20(11-9-19)25-16-17(3)4/h8-11,17-18,21-22H,6-7,12-16H2,1-5H3. The zero-order valence-electron chi connectivity index (χ0n) is 16.8. The van der Waals surface area contributed by atoms with E-state index in [4.69, 9.17) is 4.74 Å². The molecule has 1 aliphatic heterocycles. The number of piperazine rings is 1. The van der Waals surface area contributed by atoms with Crippen LogP contribution in [0.4, 0.5) is 0 Å². The Morgan fingerprint density at radius 3 is 2.44 bits per heavy atom. The molecule has 0 radical (unpaired) electrons. The van der Waals surface area contributed by atoms with Crippen LogP contribution in [0.15, 0.2) is 24.3 Å². The number of rotatable bonds is 9. The van der Waals surface area contributed by atoms with Gasteiger partial charge in [0.05, 0.1) is 6.61 Å². The molecule has 0 aromatic heterocycles. The zero-order valence-corrected chi connectivity index (χ0v) is 16.8. The maximum absolute atomic E-state index is 5.86. The molecule has 1 N–H and O–H groups in total. The van der Waals surface area contributed by atoms with Gasteiger partial charge in [0.1, 0.15) is 5.75 Å². The fourth-order valence-corrected chi connectivity index (χ4v) is 3.50. The molecule has 1 heterocycles. The fraction of sp³-hybridized carbons (Fsp3) is 0.714. The van der Waals surface area contributed by atoms with Crippen LogP contribution in [0.2, 0.25) is 0 Å². The Morgan fingerprint density at radius 2 is 1.88 bits per heavy atom. The van der Waals surface area contributed by atoms with Crippen LogP contribution in [-0.4, -0.2) is 61.7 Å². The van der Waals surface area contributed by atoms with Crippen LogP contribution in [0.25, 0.3) is 0 Å². The summed E-state index contributed by atoms with van der Waals surface area (Å²) in [5.74, 6) is 1.53. The van der Waals surface area contributed by atoms with Gasteiger partial charge in [-0.1, -0.05) is 39.8 Å². The van der Waals surface area contributed by atoms with E-state index in [-0.39, 0.29) is 0 Å². The molecule has 0 saturated carbocycles. The molecule has 1 aromatic rings. The minimum absolute atomic E-state index is 0.441. The number of hydrogen-bond donors (Lipinski definition) is 1. The van der Waals surface area contributed by atoms with Crippen LogP contribution in [0.5, 0.6) is 5.75 Å². The Morgan fingerprint density at radius 1 is 1.20 bits per heavy atom. The van der Waals surface area contributed by atoms with E-state index < -0.39 is 0 Å². The molecule has 0 spiro atoms. The number of hydrogen-bond acceptors (Lipinski definition) is 4. The molecule has 0 bridgehead atoms. The van der Waals surface area contributed by atoms with E-state index in [0.717, 1.165) is 51.6 Å². The van der Waals surface area contributed by atoms with E-state index in [1.54, 1.807) is 0 Å². The fourth-order valence-electron chi connectivity index (χ4n) is 3.50. The summed E-state index contributed by atoms with van der Waals surface area (Å²) >= 11 is 0.